The molecule has 6 nitrogen and oxygen atoms in total. The van der Waals surface area contributed by atoms with Crippen LogP contribution in [-0.4, -0.2) is 58.9 Å². The van der Waals surface area contributed by atoms with Crippen LogP contribution < -0.4 is 10.2 Å². The normalized spacial score (nSPS) is 19.4. The number of aromatic amines is 1. The molecule has 2 aromatic carbocycles. The number of aromatic nitrogens is 2. The Bertz CT molecular complexity index is 1320. The highest BCUT2D eigenvalue weighted by Gasteiger charge is 2.22. The van der Waals surface area contributed by atoms with E-state index in [-0.39, 0.29) is 11.9 Å². The first-order chi connectivity index (χ1) is 17.2. The van der Waals surface area contributed by atoms with Crippen molar-refractivity contribution >= 4 is 44.2 Å². The summed E-state index contributed by atoms with van der Waals surface area (Å²) in [7, 11) is 0. The standard InChI is InChI=1S/C28H31N5OS/c34-28(25-19-21-5-1-3-7-24(21)30-25)29-22-11-9-20(10-12-22)13-14-32-15-17-33(18-16-32)27-23-6-2-4-8-26(23)35-31-27/h1-8,13,19,22,30H,9-12,14-18H2,(H,29,34). The first-order valence-corrected chi connectivity index (χ1v) is 13.4. The van der Waals surface area contributed by atoms with E-state index in [1.807, 2.05) is 30.3 Å². The maximum absolute atomic E-state index is 12.7. The zero-order chi connectivity index (χ0) is 23.6. The second-order valence-corrected chi connectivity index (χ2v) is 10.5. The molecule has 6 rings (SSSR count). The van der Waals surface area contributed by atoms with E-state index >= 15 is 0 Å². The summed E-state index contributed by atoms with van der Waals surface area (Å²) in [6.07, 6.45) is 6.61. The molecule has 2 N–H and O–H groups in total. The Balaban J connectivity index is 0.966. The summed E-state index contributed by atoms with van der Waals surface area (Å²) in [5, 5.41) is 5.59. The van der Waals surface area contributed by atoms with E-state index in [4.69, 9.17) is 4.37 Å². The van der Waals surface area contributed by atoms with Gasteiger partial charge in [-0.05, 0) is 61.5 Å². The number of H-pyrrole nitrogens is 1. The van der Waals surface area contributed by atoms with Crippen LogP contribution in [0.4, 0.5) is 5.82 Å². The number of piperazine rings is 1. The number of anilines is 1. The lowest BCUT2D eigenvalue weighted by molar-refractivity contribution is 0.0926. The monoisotopic (exact) mass is 485 g/mol. The van der Waals surface area contributed by atoms with Crippen molar-refractivity contribution in [3.05, 3.63) is 71.9 Å². The van der Waals surface area contributed by atoms with Gasteiger partial charge in [0.05, 0.1) is 4.70 Å². The Kier molecular flexibility index (Phi) is 6.27. The largest absolute Gasteiger partial charge is 0.353 e. The van der Waals surface area contributed by atoms with Crippen molar-refractivity contribution in [1.82, 2.24) is 19.6 Å². The van der Waals surface area contributed by atoms with Crippen LogP contribution in [0.15, 0.2) is 66.2 Å². The number of rotatable bonds is 5. The summed E-state index contributed by atoms with van der Waals surface area (Å²) in [5.41, 5.74) is 3.19. The van der Waals surface area contributed by atoms with Crippen molar-refractivity contribution in [2.45, 2.75) is 31.7 Å². The van der Waals surface area contributed by atoms with Gasteiger partial charge in [-0.3, -0.25) is 9.69 Å². The Hall–Kier alpha value is -3.16. The fourth-order valence-electron chi connectivity index (χ4n) is 5.30. The van der Waals surface area contributed by atoms with Gasteiger partial charge in [0.2, 0.25) is 0 Å². The molecular weight excluding hydrogens is 454 g/mol. The summed E-state index contributed by atoms with van der Waals surface area (Å²) in [6.45, 7) is 5.21. The van der Waals surface area contributed by atoms with Crippen molar-refractivity contribution < 1.29 is 4.79 Å². The molecule has 2 aliphatic rings. The molecule has 1 aliphatic heterocycles. The molecular formula is C28H31N5OS. The highest BCUT2D eigenvalue weighted by Crippen LogP contribution is 2.30. The van der Waals surface area contributed by atoms with Crippen LogP contribution in [0.25, 0.3) is 21.0 Å². The average molecular weight is 486 g/mol. The summed E-state index contributed by atoms with van der Waals surface area (Å²) in [6, 6.07) is 18.7. The van der Waals surface area contributed by atoms with Crippen molar-refractivity contribution in [1.29, 1.82) is 0 Å². The third-order valence-electron chi connectivity index (χ3n) is 7.41. The van der Waals surface area contributed by atoms with Gasteiger partial charge in [0.15, 0.2) is 0 Å². The highest BCUT2D eigenvalue weighted by molar-refractivity contribution is 7.13. The Morgan fingerprint density at radius 3 is 2.66 bits per heavy atom. The topological polar surface area (TPSA) is 64.3 Å². The van der Waals surface area contributed by atoms with Gasteiger partial charge in [0, 0.05) is 55.1 Å². The fourth-order valence-corrected chi connectivity index (χ4v) is 6.09. The molecule has 1 saturated carbocycles. The lowest BCUT2D eigenvalue weighted by Crippen LogP contribution is -2.46. The van der Waals surface area contributed by atoms with E-state index in [1.54, 1.807) is 11.5 Å². The molecule has 0 bridgehead atoms. The summed E-state index contributed by atoms with van der Waals surface area (Å²) < 4.78 is 5.99. The van der Waals surface area contributed by atoms with Gasteiger partial charge >= 0.3 is 0 Å². The number of amides is 1. The SMILES string of the molecule is O=C(NC1CCC(=CCN2CCN(c3nsc4ccccc34)CC2)CC1)c1cc2ccccc2[nH]1. The lowest BCUT2D eigenvalue weighted by Gasteiger charge is -2.34. The molecule has 0 radical (unpaired) electrons. The average Bonchev–Trinajstić information content (AvgIpc) is 3.53. The minimum Gasteiger partial charge on any atom is -0.353 e. The molecule has 35 heavy (non-hydrogen) atoms. The second-order valence-electron chi connectivity index (χ2n) is 9.67. The molecule has 1 aliphatic carbocycles. The number of fused-ring (bicyclic) bond motifs is 2. The quantitative estimate of drug-likeness (QED) is 0.382. The first kappa shape index (κ1) is 22.3. The van der Waals surface area contributed by atoms with Crippen molar-refractivity contribution in [2.24, 2.45) is 0 Å². The van der Waals surface area contributed by atoms with Gasteiger partial charge in [-0.2, -0.15) is 4.37 Å². The van der Waals surface area contributed by atoms with E-state index in [1.165, 1.54) is 15.7 Å². The van der Waals surface area contributed by atoms with E-state index in [9.17, 15) is 4.79 Å². The maximum atomic E-state index is 12.7. The number of para-hydroxylation sites is 1. The predicted molar refractivity (Wildman–Crippen MR) is 144 cm³/mol. The first-order valence-electron chi connectivity index (χ1n) is 12.6. The zero-order valence-corrected chi connectivity index (χ0v) is 20.7. The fraction of sp³-hybridized carbons (Fsp3) is 0.357. The number of carbonyl (C=O) groups excluding carboxylic acids is 1. The summed E-state index contributed by atoms with van der Waals surface area (Å²) >= 11 is 1.60. The number of hydrogen-bond acceptors (Lipinski definition) is 5. The van der Waals surface area contributed by atoms with Gasteiger partial charge < -0.3 is 15.2 Å². The highest BCUT2D eigenvalue weighted by atomic mass is 32.1. The molecule has 1 amide bonds. The zero-order valence-electron chi connectivity index (χ0n) is 19.9. The number of nitrogens with one attached hydrogen (secondary N) is 2. The Labute approximate surface area is 209 Å². The third-order valence-corrected chi connectivity index (χ3v) is 8.22. The minimum atomic E-state index is 0.00407. The molecule has 2 fully saturated rings. The van der Waals surface area contributed by atoms with E-state index in [0.29, 0.717) is 5.69 Å². The van der Waals surface area contributed by atoms with Gasteiger partial charge in [0.1, 0.15) is 11.5 Å². The van der Waals surface area contributed by atoms with Crippen molar-refractivity contribution in [2.75, 3.05) is 37.6 Å². The molecule has 3 heterocycles. The molecule has 2 aromatic heterocycles. The summed E-state index contributed by atoms with van der Waals surface area (Å²) in [4.78, 5) is 20.9. The molecule has 7 heteroatoms. The Morgan fingerprint density at radius 1 is 1.06 bits per heavy atom. The van der Waals surface area contributed by atoms with Crippen LogP contribution >= 0.6 is 11.5 Å². The number of hydrogen-bond donors (Lipinski definition) is 2. The Morgan fingerprint density at radius 2 is 1.83 bits per heavy atom. The third kappa shape index (κ3) is 4.83. The summed E-state index contributed by atoms with van der Waals surface area (Å²) in [5.74, 6) is 1.15. The van der Waals surface area contributed by atoms with Crippen LogP contribution in [0.3, 0.4) is 0 Å². The van der Waals surface area contributed by atoms with E-state index in [2.05, 4.69) is 50.4 Å². The van der Waals surface area contributed by atoms with Crippen LogP contribution in [0.1, 0.15) is 36.2 Å². The van der Waals surface area contributed by atoms with Crippen LogP contribution in [0.5, 0.6) is 0 Å². The van der Waals surface area contributed by atoms with Gasteiger partial charge in [0.25, 0.3) is 5.91 Å². The number of carbonyl (C=O) groups is 1. The second kappa shape index (κ2) is 9.84. The number of nitrogens with zero attached hydrogens (tertiary/aromatic N) is 3. The van der Waals surface area contributed by atoms with Gasteiger partial charge in [-0.25, -0.2) is 0 Å². The van der Waals surface area contributed by atoms with Crippen LogP contribution in [0.2, 0.25) is 0 Å². The van der Waals surface area contributed by atoms with Crippen molar-refractivity contribution in [3.63, 3.8) is 0 Å². The molecule has 1 saturated heterocycles. The minimum absolute atomic E-state index is 0.00407. The molecule has 0 unspecified atom stereocenters. The molecule has 0 spiro atoms. The molecule has 180 valence electrons. The van der Waals surface area contributed by atoms with Crippen LogP contribution in [-0.2, 0) is 0 Å². The maximum Gasteiger partial charge on any atom is 0.267 e. The number of allylic oxidation sites excluding steroid dienone is 1. The van der Waals surface area contributed by atoms with Crippen LogP contribution in [0, 0.1) is 0 Å². The van der Waals surface area contributed by atoms with Crippen molar-refractivity contribution in [3.8, 4) is 0 Å². The lowest BCUT2D eigenvalue weighted by atomic mass is 9.90. The predicted octanol–water partition coefficient (Wildman–Crippen LogP) is 5.20. The number of benzene rings is 2. The van der Waals surface area contributed by atoms with E-state index < -0.39 is 0 Å². The molecule has 0 atom stereocenters. The molecule has 4 aromatic rings. The van der Waals surface area contributed by atoms with Gasteiger partial charge in [-0.15, -0.1) is 0 Å². The smallest absolute Gasteiger partial charge is 0.267 e. The van der Waals surface area contributed by atoms with Gasteiger partial charge in [-0.1, -0.05) is 42.0 Å². The van der Waals surface area contributed by atoms with E-state index in [0.717, 1.165) is 75.1 Å².